The van der Waals surface area contributed by atoms with Crippen molar-refractivity contribution in [3.05, 3.63) is 29.3 Å². The standard InChI is InChI=1S/C16H22N2O3/c1-11-4-5-14(8-12(11)2)21-7-6-15(19)17-13-9-16(20)18(3)10-13/h4-5,8,13H,6-7,9-10H2,1-3H3,(H,17,19)/t13-/m1/s1. The van der Waals surface area contributed by atoms with Crippen molar-refractivity contribution < 1.29 is 14.3 Å². The van der Waals surface area contributed by atoms with Crippen LogP contribution in [0.5, 0.6) is 5.75 Å². The van der Waals surface area contributed by atoms with Crippen LogP contribution in [0.25, 0.3) is 0 Å². The fraction of sp³-hybridized carbons (Fsp3) is 0.500. The Morgan fingerprint density at radius 2 is 2.14 bits per heavy atom. The zero-order chi connectivity index (χ0) is 15.4. The van der Waals surface area contributed by atoms with E-state index in [0.717, 1.165) is 5.75 Å². The SMILES string of the molecule is Cc1ccc(OCCC(=O)N[C@@H]2CC(=O)N(C)C2)cc1C. The van der Waals surface area contributed by atoms with E-state index in [-0.39, 0.29) is 17.9 Å². The van der Waals surface area contributed by atoms with E-state index < -0.39 is 0 Å². The Morgan fingerprint density at radius 1 is 1.38 bits per heavy atom. The number of ether oxygens (including phenoxy) is 1. The van der Waals surface area contributed by atoms with Gasteiger partial charge in [-0.1, -0.05) is 6.07 Å². The lowest BCUT2D eigenvalue weighted by atomic mass is 10.1. The average molecular weight is 290 g/mol. The fourth-order valence-corrected chi connectivity index (χ4v) is 2.33. The fourth-order valence-electron chi connectivity index (χ4n) is 2.33. The van der Waals surface area contributed by atoms with Gasteiger partial charge < -0.3 is 15.0 Å². The van der Waals surface area contributed by atoms with E-state index in [4.69, 9.17) is 4.74 Å². The summed E-state index contributed by atoms with van der Waals surface area (Å²) in [6.07, 6.45) is 0.682. The molecule has 0 bridgehead atoms. The van der Waals surface area contributed by atoms with Crippen LogP contribution in [-0.4, -0.2) is 43.0 Å². The predicted octanol–water partition coefficient (Wildman–Crippen LogP) is 1.42. The number of hydrogen-bond donors (Lipinski definition) is 1. The summed E-state index contributed by atoms with van der Waals surface area (Å²) in [5, 5.41) is 2.87. The van der Waals surface area contributed by atoms with Crippen molar-refractivity contribution in [2.75, 3.05) is 20.2 Å². The number of benzene rings is 1. The number of likely N-dealkylation sites (N-methyl/N-ethyl adjacent to an activating group) is 1. The molecule has 1 fully saturated rings. The highest BCUT2D eigenvalue weighted by Crippen LogP contribution is 2.16. The summed E-state index contributed by atoms with van der Waals surface area (Å²) in [6, 6.07) is 5.81. The number of aryl methyl sites for hydroxylation is 2. The van der Waals surface area contributed by atoms with Crippen LogP contribution in [0.3, 0.4) is 0 Å². The maximum atomic E-state index is 11.8. The lowest BCUT2D eigenvalue weighted by Crippen LogP contribution is -2.37. The summed E-state index contributed by atoms with van der Waals surface area (Å²) >= 11 is 0. The Balaban J connectivity index is 1.72. The third-order valence-corrected chi connectivity index (χ3v) is 3.78. The van der Waals surface area contributed by atoms with Gasteiger partial charge in [0.1, 0.15) is 5.75 Å². The molecule has 0 aliphatic carbocycles. The summed E-state index contributed by atoms with van der Waals surface area (Å²) in [7, 11) is 1.75. The Morgan fingerprint density at radius 3 is 2.76 bits per heavy atom. The molecule has 5 nitrogen and oxygen atoms in total. The van der Waals surface area contributed by atoms with Crippen molar-refractivity contribution >= 4 is 11.8 Å². The maximum absolute atomic E-state index is 11.8. The number of rotatable bonds is 5. The van der Waals surface area contributed by atoms with Gasteiger partial charge in [0, 0.05) is 20.0 Å². The van der Waals surface area contributed by atoms with E-state index >= 15 is 0 Å². The molecule has 0 spiro atoms. The van der Waals surface area contributed by atoms with Crippen molar-refractivity contribution in [2.24, 2.45) is 0 Å². The molecule has 1 aromatic carbocycles. The first kappa shape index (κ1) is 15.4. The van der Waals surface area contributed by atoms with Gasteiger partial charge in [-0.25, -0.2) is 0 Å². The lowest BCUT2D eigenvalue weighted by Gasteiger charge is -2.13. The highest BCUT2D eigenvalue weighted by Gasteiger charge is 2.27. The van der Waals surface area contributed by atoms with E-state index in [1.165, 1.54) is 11.1 Å². The van der Waals surface area contributed by atoms with Crippen LogP contribution in [-0.2, 0) is 9.59 Å². The quantitative estimate of drug-likeness (QED) is 0.892. The molecule has 1 saturated heterocycles. The molecule has 0 unspecified atom stereocenters. The van der Waals surface area contributed by atoms with Crippen LogP contribution in [0.15, 0.2) is 18.2 Å². The van der Waals surface area contributed by atoms with Crippen molar-refractivity contribution in [1.29, 1.82) is 0 Å². The second-order valence-corrected chi connectivity index (χ2v) is 5.59. The molecule has 2 amide bonds. The zero-order valence-electron chi connectivity index (χ0n) is 12.8. The van der Waals surface area contributed by atoms with Gasteiger partial charge in [-0.3, -0.25) is 9.59 Å². The Labute approximate surface area is 125 Å². The van der Waals surface area contributed by atoms with Crippen LogP contribution >= 0.6 is 0 Å². The topological polar surface area (TPSA) is 58.6 Å². The van der Waals surface area contributed by atoms with Gasteiger partial charge in [0.15, 0.2) is 0 Å². The number of nitrogens with one attached hydrogen (secondary N) is 1. The van der Waals surface area contributed by atoms with Gasteiger partial charge in [-0.05, 0) is 37.1 Å². The van der Waals surface area contributed by atoms with Gasteiger partial charge in [0.2, 0.25) is 11.8 Å². The summed E-state index contributed by atoms with van der Waals surface area (Å²) < 4.78 is 5.58. The molecule has 1 heterocycles. The molecule has 1 aliphatic heterocycles. The van der Waals surface area contributed by atoms with Gasteiger partial charge in [-0.15, -0.1) is 0 Å². The zero-order valence-corrected chi connectivity index (χ0v) is 12.8. The first-order chi connectivity index (χ1) is 9.95. The second-order valence-electron chi connectivity index (χ2n) is 5.59. The number of carbonyl (C=O) groups excluding carboxylic acids is 2. The summed E-state index contributed by atoms with van der Waals surface area (Å²) in [4.78, 5) is 24.8. The molecular weight excluding hydrogens is 268 g/mol. The van der Waals surface area contributed by atoms with E-state index in [1.54, 1.807) is 11.9 Å². The molecule has 21 heavy (non-hydrogen) atoms. The normalized spacial score (nSPS) is 18.0. The third-order valence-electron chi connectivity index (χ3n) is 3.78. The molecule has 0 radical (unpaired) electrons. The van der Waals surface area contributed by atoms with Crippen LogP contribution in [0.2, 0.25) is 0 Å². The molecule has 1 N–H and O–H groups in total. The first-order valence-corrected chi connectivity index (χ1v) is 7.19. The van der Waals surface area contributed by atoms with Gasteiger partial charge in [0.25, 0.3) is 0 Å². The smallest absolute Gasteiger partial charge is 0.224 e. The highest BCUT2D eigenvalue weighted by molar-refractivity contribution is 5.82. The molecule has 0 saturated carbocycles. The van der Waals surface area contributed by atoms with Crippen molar-refractivity contribution in [3.8, 4) is 5.75 Å². The number of amides is 2. The molecule has 1 atom stereocenters. The summed E-state index contributed by atoms with van der Waals surface area (Å²) in [6.45, 7) is 5.00. The van der Waals surface area contributed by atoms with Crippen molar-refractivity contribution in [3.63, 3.8) is 0 Å². The van der Waals surface area contributed by atoms with Crippen LogP contribution in [0.4, 0.5) is 0 Å². The van der Waals surface area contributed by atoms with E-state index in [2.05, 4.69) is 5.32 Å². The van der Waals surface area contributed by atoms with Gasteiger partial charge in [-0.2, -0.15) is 0 Å². The van der Waals surface area contributed by atoms with Crippen molar-refractivity contribution in [1.82, 2.24) is 10.2 Å². The lowest BCUT2D eigenvalue weighted by molar-refractivity contribution is -0.126. The van der Waals surface area contributed by atoms with E-state index in [0.29, 0.717) is 26.0 Å². The number of likely N-dealkylation sites (tertiary alicyclic amines) is 1. The van der Waals surface area contributed by atoms with Crippen molar-refractivity contribution in [2.45, 2.75) is 32.7 Å². The van der Waals surface area contributed by atoms with Crippen LogP contribution in [0, 0.1) is 13.8 Å². The summed E-state index contributed by atoms with van der Waals surface area (Å²) in [5.41, 5.74) is 2.39. The monoisotopic (exact) mass is 290 g/mol. The largest absolute Gasteiger partial charge is 0.493 e. The predicted molar refractivity (Wildman–Crippen MR) is 80.2 cm³/mol. The number of hydrogen-bond acceptors (Lipinski definition) is 3. The van der Waals surface area contributed by atoms with Crippen LogP contribution < -0.4 is 10.1 Å². The van der Waals surface area contributed by atoms with Gasteiger partial charge in [0.05, 0.1) is 19.1 Å². The average Bonchev–Trinajstić information content (AvgIpc) is 2.72. The Hall–Kier alpha value is -2.04. The van der Waals surface area contributed by atoms with Crippen LogP contribution in [0.1, 0.15) is 24.0 Å². The first-order valence-electron chi connectivity index (χ1n) is 7.19. The molecule has 0 aromatic heterocycles. The Kier molecular flexibility index (Phi) is 4.83. The van der Waals surface area contributed by atoms with E-state index in [1.807, 2.05) is 32.0 Å². The minimum absolute atomic E-state index is 0.0726. The number of carbonyl (C=O) groups is 2. The minimum atomic E-state index is -0.0769. The maximum Gasteiger partial charge on any atom is 0.224 e. The number of nitrogens with zero attached hydrogens (tertiary/aromatic N) is 1. The molecule has 2 rings (SSSR count). The molecular formula is C16H22N2O3. The molecule has 1 aliphatic rings. The third kappa shape index (κ3) is 4.21. The highest BCUT2D eigenvalue weighted by atomic mass is 16.5. The Bertz CT molecular complexity index is 542. The van der Waals surface area contributed by atoms with E-state index in [9.17, 15) is 9.59 Å². The molecule has 1 aromatic rings. The molecule has 114 valence electrons. The van der Waals surface area contributed by atoms with Gasteiger partial charge >= 0.3 is 0 Å². The second kappa shape index (κ2) is 6.61. The molecule has 5 heteroatoms. The minimum Gasteiger partial charge on any atom is -0.493 e. The summed E-state index contributed by atoms with van der Waals surface area (Å²) in [5.74, 6) is 0.778.